The topological polar surface area (TPSA) is 90.0 Å². The molecule has 0 spiro atoms. The first-order valence-electron chi connectivity index (χ1n) is 6.88. The summed E-state index contributed by atoms with van der Waals surface area (Å²) in [6, 6.07) is 10.9. The van der Waals surface area contributed by atoms with Gasteiger partial charge in [-0.15, -0.1) is 5.10 Å². The number of rotatable bonds is 3. The van der Waals surface area contributed by atoms with Gasteiger partial charge in [0.05, 0.1) is 5.69 Å². The fourth-order valence-electron chi connectivity index (χ4n) is 2.14. The van der Waals surface area contributed by atoms with Crippen molar-refractivity contribution in [3.8, 4) is 5.69 Å². The summed E-state index contributed by atoms with van der Waals surface area (Å²) in [5.74, 6) is 0.0638. The maximum absolute atomic E-state index is 12.2. The number of hydrogen-bond acceptors (Lipinski definition) is 5. The van der Waals surface area contributed by atoms with E-state index in [1.165, 1.54) is 4.52 Å². The van der Waals surface area contributed by atoms with Crippen LogP contribution in [0.4, 0.5) is 5.69 Å². The lowest BCUT2D eigenvalue weighted by molar-refractivity contribution is 0.101. The summed E-state index contributed by atoms with van der Waals surface area (Å²) in [4.78, 5) is 20.3. The van der Waals surface area contributed by atoms with Crippen molar-refractivity contribution in [1.29, 1.82) is 0 Å². The van der Waals surface area contributed by atoms with E-state index in [-0.39, 0.29) is 11.7 Å². The van der Waals surface area contributed by atoms with Crippen LogP contribution in [0.1, 0.15) is 10.6 Å². The Bertz CT molecular complexity index is 924. The fourth-order valence-corrected chi connectivity index (χ4v) is 2.14. The Morgan fingerprint density at radius 1 is 1.04 bits per heavy atom. The predicted octanol–water partition coefficient (Wildman–Crippen LogP) is 1.56. The van der Waals surface area contributed by atoms with Gasteiger partial charge in [0, 0.05) is 30.5 Å². The molecule has 0 radical (unpaired) electrons. The Morgan fingerprint density at radius 2 is 1.87 bits per heavy atom. The molecule has 23 heavy (non-hydrogen) atoms. The zero-order chi connectivity index (χ0) is 15.6. The Kier molecular flexibility index (Phi) is 3.05. The molecule has 0 aliphatic rings. The van der Waals surface area contributed by atoms with Crippen LogP contribution in [-0.2, 0) is 0 Å². The molecular weight excluding hydrogens is 294 g/mol. The summed E-state index contributed by atoms with van der Waals surface area (Å²) in [7, 11) is 0. The van der Waals surface area contributed by atoms with Crippen LogP contribution in [0.5, 0.6) is 0 Å². The number of nitrogens with one attached hydrogen (secondary N) is 1. The van der Waals surface area contributed by atoms with Crippen LogP contribution in [0.15, 0.2) is 61.2 Å². The third kappa shape index (κ3) is 2.53. The number of carbonyl (C=O) groups excluding carboxylic acids is 1. The maximum Gasteiger partial charge on any atom is 0.295 e. The maximum atomic E-state index is 12.2. The third-order valence-corrected chi connectivity index (χ3v) is 3.21. The van der Waals surface area contributed by atoms with E-state index in [4.69, 9.17) is 0 Å². The first-order valence-corrected chi connectivity index (χ1v) is 6.88. The monoisotopic (exact) mass is 305 g/mol. The molecule has 112 valence electrons. The fraction of sp³-hybridized carbons (Fsp3) is 0. The second-order valence-electron chi connectivity index (χ2n) is 4.75. The van der Waals surface area contributed by atoms with Gasteiger partial charge in [-0.25, -0.2) is 14.2 Å². The lowest BCUT2D eigenvalue weighted by Gasteiger charge is -2.05. The Hall–Kier alpha value is -3.55. The minimum absolute atomic E-state index is 0.0693. The Labute approximate surface area is 130 Å². The van der Waals surface area contributed by atoms with Crippen molar-refractivity contribution in [3.05, 3.63) is 67.0 Å². The number of benzene rings is 1. The van der Waals surface area contributed by atoms with Crippen LogP contribution >= 0.6 is 0 Å². The summed E-state index contributed by atoms with van der Waals surface area (Å²) in [6.45, 7) is 0. The molecule has 0 atom stereocenters. The molecule has 1 amide bonds. The first-order chi connectivity index (χ1) is 11.3. The number of carbonyl (C=O) groups is 1. The number of aromatic nitrogens is 6. The van der Waals surface area contributed by atoms with Crippen molar-refractivity contribution in [3.63, 3.8) is 0 Å². The number of hydrogen-bond donors (Lipinski definition) is 1. The molecule has 3 heterocycles. The van der Waals surface area contributed by atoms with Crippen molar-refractivity contribution >= 4 is 17.4 Å². The number of amides is 1. The van der Waals surface area contributed by atoms with Gasteiger partial charge in [-0.2, -0.15) is 10.1 Å². The molecule has 8 heteroatoms. The average molecular weight is 305 g/mol. The van der Waals surface area contributed by atoms with E-state index in [1.807, 2.05) is 24.4 Å². The van der Waals surface area contributed by atoms with Gasteiger partial charge in [0.1, 0.15) is 0 Å². The molecular formula is C15H11N7O. The van der Waals surface area contributed by atoms with Crippen LogP contribution in [0, 0.1) is 0 Å². The first kappa shape index (κ1) is 13.1. The summed E-state index contributed by atoms with van der Waals surface area (Å²) in [6.07, 6.45) is 6.84. The number of anilines is 1. The van der Waals surface area contributed by atoms with Crippen molar-refractivity contribution < 1.29 is 4.79 Å². The van der Waals surface area contributed by atoms with Gasteiger partial charge in [-0.3, -0.25) is 4.79 Å². The van der Waals surface area contributed by atoms with Gasteiger partial charge in [0.25, 0.3) is 11.7 Å². The van der Waals surface area contributed by atoms with Gasteiger partial charge in [0.15, 0.2) is 0 Å². The molecule has 8 nitrogen and oxygen atoms in total. The molecule has 1 aromatic carbocycles. The largest absolute Gasteiger partial charge is 0.319 e. The van der Waals surface area contributed by atoms with E-state index >= 15 is 0 Å². The van der Waals surface area contributed by atoms with Crippen molar-refractivity contribution in [2.24, 2.45) is 0 Å². The summed E-state index contributed by atoms with van der Waals surface area (Å²) >= 11 is 0. The molecule has 1 N–H and O–H groups in total. The highest BCUT2D eigenvalue weighted by atomic mass is 16.2. The quantitative estimate of drug-likeness (QED) is 0.620. The standard InChI is InChI=1S/C15H11N7O/c23-14(13-19-15-16-7-1-10-22(15)20-13)18-11-3-5-12(6-4-11)21-9-2-8-17-21/h1-10H,(H,18,23). The lowest BCUT2D eigenvalue weighted by atomic mass is 10.3. The van der Waals surface area contributed by atoms with Gasteiger partial charge in [-0.1, -0.05) is 0 Å². The second kappa shape index (κ2) is 5.34. The van der Waals surface area contributed by atoms with Crippen LogP contribution in [0.3, 0.4) is 0 Å². The smallest absolute Gasteiger partial charge is 0.295 e. The lowest BCUT2D eigenvalue weighted by Crippen LogP contribution is -2.14. The van der Waals surface area contributed by atoms with Crippen LogP contribution in [-0.4, -0.2) is 35.3 Å². The van der Waals surface area contributed by atoms with Gasteiger partial charge in [-0.05, 0) is 36.4 Å². The SMILES string of the molecule is O=C(Nc1ccc(-n2cccn2)cc1)c1nc2ncccn2n1. The molecule has 4 rings (SSSR count). The third-order valence-electron chi connectivity index (χ3n) is 3.21. The summed E-state index contributed by atoms with van der Waals surface area (Å²) < 4.78 is 3.19. The molecule has 3 aromatic heterocycles. The van der Waals surface area contributed by atoms with Gasteiger partial charge in [0.2, 0.25) is 5.82 Å². The minimum Gasteiger partial charge on any atom is -0.319 e. The molecule has 0 unspecified atom stereocenters. The number of nitrogens with zero attached hydrogens (tertiary/aromatic N) is 6. The Morgan fingerprint density at radius 3 is 2.61 bits per heavy atom. The Balaban J connectivity index is 1.54. The van der Waals surface area contributed by atoms with Crippen molar-refractivity contribution in [2.75, 3.05) is 5.32 Å². The molecule has 0 fully saturated rings. The van der Waals surface area contributed by atoms with Crippen LogP contribution in [0.25, 0.3) is 11.5 Å². The zero-order valence-corrected chi connectivity index (χ0v) is 11.9. The normalized spacial score (nSPS) is 10.8. The molecule has 0 saturated carbocycles. The van der Waals surface area contributed by atoms with Crippen LogP contribution in [0.2, 0.25) is 0 Å². The predicted molar refractivity (Wildman–Crippen MR) is 82.3 cm³/mol. The molecule has 0 saturated heterocycles. The minimum atomic E-state index is -0.387. The van der Waals surface area contributed by atoms with E-state index in [2.05, 4.69) is 25.5 Å². The summed E-state index contributed by atoms with van der Waals surface area (Å²) in [5.41, 5.74) is 1.56. The van der Waals surface area contributed by atoms with Gasteiger partial charge < -0.3 is 5.32 Å². The zero-order valence-electron chi connectivity index (χ0n) is 11.9. The highest BCUT2D eigenvalue weighted by Crippen LogP contribution is 2.13. The molecule has 0 bridgehead atoms. The van der Waals surface area contributed by atoms with Gasteiger partial charge >= 0.3 is 0 Å². The number of fused-ring (bicyclic) bond motifs is 1. The van der Waals surface area contributed by atoms with E-state index in [9.17, 15) is 4.79 Å². The van der Waals surface area contributed by atoms with E-state index in [0.717, 1.165) is 5.69 Å². The highest BCUT2D eigenvalue weighted by Gasteiger charge is 2.13. The molecule has 0 aliphatic carbocycles. The van der Waals surface area contributed by atoms with Crippen molar-refractivity contribution in [2.45, 2.75) is 0 Å². The summed E-state index contributed by atoms with van der Waals surface area (Å²) in [5, 5.41) is 11.0. The highest BCUT2D eigenvalue weighted by molar-refractivity contribution is 6.01. The molecule has 0 aliphatic heterocycles. The van der Waals surface area contributed by atoms with E-state index in [0.29, 0.717) is 11.5 Å². The van der Waals surface area contributed by atoms with E-state index < -0.39 is 0 Å². The van der Waals surface area contributed by atoms with Crippen molar-refractivity contribution in [1.82, 2.24) is 29.4 Å². The average Bonchev–Trinajstić information content (AvgIpc) is 3.25. The van der Waals surface area contributed by atoms with E-state index in [1.54, 1.807) is 41.5 Å². The molecule has 4 aromatic rings. The van der Waals surface area contributed by atoms with Crippen LogP contribution < -0.4 is 5.32 Å². The second-order valence-corrected chi connectivity index (χ2v) is 4.75.